The monoisotopic (exact) mass is 290 g/mol. The van der Waals surface area contributed by atoms with E-state index in [1.54, 1.807) is 4.31 Å². The van der Waals surface area contributed by atoms with Gasteiger partial charge in [0.25, 0.3) is 10.2 Å². The molecular weight excluding hydrogens is 264 g/mol. The first-order chi connectivity index (χ1) is 9.09. The molecule has 0 aromatic heterocycles. The summed E-state index contributed by atoms with van der Waals surface area (Å²) in [6.07, 6.45) is 5.81. The summed E-state index contributed by atoms with van der Waals surface area (Å²) in [7, 11) is -3.38. The number of rotatable bonds is 4. The zero-order chi connectivity index (χ0) is 13.9. The van der Waals surface area contributed by atoms with Crippen LogP contribution in [-0.4, -0.2) is 54.4 Å². The second-order valence-corrected chi connectivity index (χ2v) is 7.61. The Morgan fingerprint density at radius 3 is 2.63 bits per heavy atom. The van der Waals surface area contributed by atoms with Crippen molar-refractivity contribution in [3.05, 3.63) is 0 Å². The lowest BCUT2D eigenvalue weighted by Gasteiger charge is -2.39. The van der Waals surface area contributed by atoms with E-state index in [9.17, 15) is 13.5 Å². The molecule has 0 spiro atoms. The van der Waals surface area contributed by atoms with E-state index >= 15 is 0 Å². The van der Waals surface area contributed by atoms with Crippen molar-refractivity contribution in [2.45, 2.75) is 51.5 Å². The molecule has 1 N–H and O–H groups in total. The highest BCUT2D eigenvalue weighted by atomic mass is 32.2. The van der Waals surface area contributed by atoms with Crippen molar-refractivity contribution in [1.29, 1.82) is 0 Å². The molecule has 19 heavy (non-hydrogen) atoms. The van der Waals surface area contributed by atoms with Gasteiger partial charge in [-0.2, -0.15) is 17.0 Å². The molecule has 0 aromatic carbocycles. The van der Waals surface area contributed by atoms with E-state index in [1.807, 2.05) is 0 Å². The summed E-state index contributed by atoms with van der Waals surface area (Å²) >= 11 is 0. The zero-order valence-corrected chi connectivity index (χ0v) is 12.6. The minimum atomic E-state index is -3.38. The Bertz CT molecular complexity index is 385. The van der Waals surface area contributed by atoms with Gasteiger partial charge in [0.2, 0.25) is 0 Å². The van der Waals surface area contributed by atoms with Gasteiger partial charge in [0.1, 0.15) is 0 Å². The summed E-state index contributed by atoms with van der Waals surface area (Å²) in [5, 5.41) is 9.40. The highest BCUT2D eigenvalue weighted by Crippen LogP contribution is 2.27. The predicted octanol–water partition coefficient (Wildman–Crippen LogP) is 1.20. The lowest BCUT2D eigenvalue weighted by atomic mass is 9.97. The molecule has 0 aliphatic carbocycles. The molecule has 112 valence electrons. The Morgan fingerprint density at radius 2 is 1.95 bits per heavy atom. The van der Waals surface area contributed by atoms with Crippen LogP contribution in [0.1, 0.15) is 45.4 Å². The number of nitrogens with zero attached hydrogens (tertiary/aromatic N) is 2. The fourth-order valence-electron chi connectivity index (χ4n) is 3.18. The van der Waals surface area contributed by atoms with E-state index in [0.29, 0.717) is 25.6 Å². The highest BCUT2D eigenvalue weighted by molar-refractivity contribution is 7.86. The van der Waals surface area contributed by atoms with Crippen LogP contribution in [0.4, 0.5) is 0 Å². The molecule has 2 rings (SSSR count). The first kappa shape index (κ1) is 15.2. The predicted molar refractivity (Wildman–Crippen MR) is 74.9 cm³/mol. The van der Waals surface area contributed by atoms with Crippen molar-refractivity contribution in [1.82, 2.24) is 8.61 Å². The molecule has 6 heteroatoms. The molecule has 5 nitrogen and oxygen atoms in total. The minimum Gasteiger partial charge on any atom is -0.395 e. The summed E-state index contributed by atoms with van der Waals surface area (Å²) in [6.45, 7) is 3.89. The van der Waals surface area contributed by atoms with Gasteiger partial charge < -0.3 is 5.11 Å². The molecule has 2 unspecified atom stereocenters. The average molecular weight is 290 g/mol. The van der Waals surface area contributed by atoms with Crippen molar-refractivity contribution in [3.8, 4) is 0 Å². The summed E-state index contributed by atoms with van der Waals surface area (Å²) in [6, 6.07) is -0.222. The minimum absolute atomic E-state index is 0.0652. The molecule has 0 radical (unpaired) electrons. The van der Waals surface area contributed by atoms with E-state index in [-0.39, 0.29) is 12.6 Å². The molecule has 2 aliphatic rings. The third kappa shape index (κ3) is 3.29. The molecule has 2 fully saturated rings. The third-order valence-electron chi connectivity index (χ3n) is 4.47. The van der Waals surface area contributed by atoms with Crippen LogP contribution < -0.4 is 0 Å². The van der Waals surface area contributed by atoms with Crippen molar-refractivity contribution in [2.24, 2.45) is 5.92 Å². The van der Waals surface area contributed by atoms with Crippen molar-refractivity contribution in [2.75, 3.05) is 26.2 Å². The molecule has 0 aromatic rings. The van der Waals surface area contributed by atoms with Gasteiger partial charge in [-0.05, 0) is 31.6 Å². The van der Waals surface area contributed by atoms with E-state index in [1.165, 1.54) is 4.31 Å². The van der Waals surface area contributed by atoms with Crippen LogP contribution in [0, 0.1) is 5.92 Å². The molecular formula is C13H26N2O3S. The SMILES string of the molecule is CCC1CCCN(S(=O)(=O)N2CCCCC2CO)C1. The first-order valence-electron chi connectivity index (χ1n) is 7.47. The Kier molecular flexibility index (Phi) is 5.22. The number of aliphatic hydroxyl groups is 1. The fraction of sp³-hybridized carbons (Fsp3) is 1.00. The summed E-state index contributed by atoms with van der Waals surface area (Å²) in [4.78, 5) is 0. The van der Waals surface area contributed by atoms with Gasteiger partial charge in [-0.25, -0.2) is 0 Å². The molecule has 2 saturated heterocycles. The smallest absolute Gasteiger partial charge is 0.282 e. The van der Waals surface area contributed by atoms with Crippen LogP contribution in [-0.2, 0) is 10.2 Å². The van der Waals surface area contributed by atoms with Crippen LogP contribution in [0.15, 0.2) is 0 Å². The molecule has 2 atom stereocenters. The van der Waals surface area contributed by atoms with E-state index in [0.717, 1.165) is 38.5 Å². The van der Waals surface area contributed by atoms with Gasteiger partial charge in [0.15, 0.2) is 0 Å². The fourth-order valence-corrected chi connectivity index (χ4v) is 5.14. The lowest BCUT2D eigenvalue weighted by Crippen LogP contribution is -2.53. The Labute approximate surface area is 116 Å². The Balaban J connectivity index is 2.11. The second kappa shape index (κ2) is 6.52. The van der Waals surface area contributed by atoms with Crippen LogP contribution in [0.25, 0.3) is 0 Å². The highest BCUT2D eigenvalue weighted by Gasteiger charge is 2.37. The molecule has 2 aliphatic heterocycles. The number of hydrogen-bond donors (Lipinski definition) is 1. The van der Waals surface area contributed by atoms with Crippen LogP contribution >= 0.6 is 0 Å². The van der Waals surface area contributed by atoms with Gasteiger partial charge in [0.05, 0.1) is 6.61 Å². The van der Waals surface area contributed by atoms with Crippen molar-refractivity contribution >= 4 is 10.2 Å². The van der Waals surface area contributed by atoms with Gasteiger partial charge in [0, 0.05) is 25.7 Å². The van der Waals surface area contributed by atoms with Gasteiger partial charge in [-0.15, -0.1) is 0 Å². The lowest BCUT2D eigenvalue weighted by molar-refractivity contribution is 0.142. The Morgan fingerprint density at radius 1 is 1.16 bits per heavy atom. The van der Waals surface area contributed by atoms with E-state index in [2.05, 4.69) is 6.92 Å². The van der Waals surface area contributed by atoms with Crippen LogP contribution in [0.5, 0.6) is 0 Å². The van der Waals surface area contributed by atoms with Crippen molar-refractivity contribution < 1.29 is 13.5 Å². The normalized spacial score (nSPS) is 31.5. The standard InChI is InChI=1S/C13H26N2O3S/c1-2-12-6-5-8-14(10-12)19(17,18)15-9-4-3-7-13(15)11-16/h12-13,16H,2-11H2,1H3. The Hall–Kier alpha value is -0.170. The molecule has 2 heterocycles. The van der Waals surface area contributed by atoms with Crippen molar-refractivity contribution in [3.63, 3.8) is 0 Å². The maximum atomic E-state index is 12.7. The molecule has 0 bridgehead atoms. The number of hydrogen-bond acceptors (Lipinski definition) is 3. The second-order valence-electron chi connectivity index (χ2n) is 5.73. The summed E-state index contributed by atoms with van der Waals surface area (Å²) in [5.41, 5.74) is 0. The zero-order valence-electron chi connectivity index (χ0n) is 11.8. The average Bonchev–Trinajstić information content (AvgIpc) is 2.47. The maximum absolute atomic E-state index is 12.7. The van der Waals surface area contributed by atoms with E-state index < -0.39 is 10.2 Å². The summed E-state index contributed by atoms with van der Waals surface area (Å²) < 4.78 is 28.6. The van der Waals surface area contributed by atoms with Crippen LogP contribution in [0.2, 0.25) is 0 Å². The van der Waals surface area contributed by atoms with Gasteiger partial charge >= 0.3 is 0 Å². The first-order valence-corrected chi connectivity index (χ1v) is 8.87. The van der Waals surface area contributed by atoms with Gasteiger partial charge in [-0.1, -0.05) is 19.8 Å². The largest absolute Gasteiger partial charge is 0.395 e. The molecule has 0 amide bonds. The third-order valence-corrected chi connectivity index (χ3v) is 6.52. The maximum Gasteiger partial charge on any atom is 0.282 e. The summed E-state index contributed by atoms with van der Waals surface area (Å²) in [5.74, 6) is 0.487. The van der Waals surface area contributed by atoms with E-state index in [4.69, 9.17) is 0 Å². The topological polar surface area (TPSA) is 60.9 Å². The number of piperidine rings is 2. The quantitative estimate of drug-likeness (QED) is 0.846. The van der Waals surface area contributed by atoms with Gasteiger partial charge in [-0.3, -0.25) is 0 Å². The number of aliphatic hydroxyl groups excluding tert-OH is 1. The molecule has 0 saturated carbocycles. The van der Waals surface area contributed by atoms with Crippen LogP contribution in [0.3, 0.4) is 0 Å².